The number of nitrogens with zero attached hydrogens (tertiary/aromatic N) is 1. The Labute approximate surface area is 120 Å². The SMILES string of the molecule is Cc1cc(S(=O)(=O)N(C)CC2CCCCC2)c(C)s1. The molecule has 1 aliphatic carbocycles. The van der Waals surface area contributed by atoms with Gasteiger partial charge in [0.1, 0.15) is 0 Å². The minimum absolute atomic E-state index is 0.494. The van der Waals surface area contributed by atoms with E-state index in [-0.39, 0.29) is 0 Å². The Kier molecular flexibility index (Phi) is 4.69. The van der Waals surface area contributed by atoms with Crippen molar-refractivity contribution in [3.05, 3.63) is 15.8 Å². The van der Waals surface area contributed by atoms with Gasteiger partial charge in [-0.1, -0.05) is 19.3 Å². The summed E-state index contributed by atoms with van der Waals surface area (Å²) in [6, 6.07) is 1.80. The molecule has 19 heavy (non-hydrogen) atoms. The maximum atomic E-state index is 12.6. The summed E-state index contributed by atoms with van der Waals surface area (Å²) >= 11 is 1.55. The molecule has 0 atom stereocenters. The lowest BCUT2D eigenvalue weighted by molar-refractivity contribution is 0.300. The van der Waals surface area contributed by atoms with Gasteiger partial charge in [-0.25, -0.2) is 12.7 Å². The molecule has 5 heteroatoms. The average molecular weight is 301 g/mol. The van der Waals surface area contributed by atoms with Crippen LogP contribution in [-0.4, -0.2) is 26.3 Å². The van der Waals surface area contributed by atoms with Crippen LogP contribution in [0.15, 0.2) is 11.0 Å². The van der Waals surface area contributed by atoms with E-state index in [1.807, 2.05) is 13.8 Å². The maximum Gasteiger partial charge on any atom is 0.243 e. The summed E-state index contributed by atoms with van der Waals surface area (Å²) in [5.74, 6) is 0.536. The van der Waals surface area contributed by atoms with E-state index in [1.54, 1.807) is 28.8 Å². The zero-order chi connectivity index (χ0) is 14.0. The lowest BCUT2D eigenvalue weighted by atomic mass is 9.89. The first-order valence-corrected chi connectivity index (χ1v) is 9.20. The molecule has 0 radical (unpaired) electrons. The van der Waals surface area contributed by atoms with Gasteiger partial charge >= 0.3 is 0 Å². The van der Waals surface area contributed by atoms with Gasteiger partial charge in [-0.15, -0.1) is 11.3 Å². The van der Waals surface area contributed by atoms with Crippen molar-refractivity contribution in [3.8, 4) is 0 Å². The maximum absolute atomic E-state index is 12.6. The van der Waals surface area contributed by atoms with E-state index in [0.717, 1.165) is 9.75 Å². The first-order valence-electron chi connectivity index (χ1n) is 6.94. The van der Waals surface area contributed by atoms with Gasteiger partial charge in [0.25, 0.3) is 0 Å². The Morgan fingerprint density at radius 3 is 2.42 bits per heavy atom. The number of thiophene rings is 1. The molecule has 1 saturated carbocycles. The second kappa shape index (κ2) is 5.94. The average Bonchev–Trinajstić information content (AvgIpc) is 2.70. The monoisotopic (exact) mass is 301 g/mol. The molecule has 1 aromatic heterocycles. The summed E-state index contributed by atoms with van der Waals surface area (Å²) in [5, 5.41) is 0. The largest absolute Gasteiger partial charge is 0.243 e. The van der Waals surface area contributed by atoms with Gasteiger partial charge in [0.15, 0.2) is 0 Å². The smallest absolute Gasteiger partial charge is 0.207 e. The van der Waals surface area contributed by atoms with Crippen molar-refractivity contribution in [1.29, 1.82) is 0 Å². The topological polar surface area (TPSA) is 37.4 Å². The summed E-state index contributed by atoms with van der Waals surface area (Å²) in [6.07, 6.45) is 6.13. The predicted molar refractivity (Wildman–Crippen MR) is 80.2 cm³/mol. The van der Waals surface area contributed by atoms with Crippen LogP contribution in [0.25, 0.3) is 0 Å². The first kappa shape index (κ1) is 15.0. The number of sulfonamides is 1. The highest BCUT2D eigenvalue weighted by Gasteiger charge is 2.27. The molecule has 2 rings (SSSR count). The minimum atomic E-state index is -3.30. The second-order valence-electron chi connectivity index (χ2n) is 5.57. The molecule has 0 unspecified atom stereocenters. The minimum Gasteiger partial charge on any atom is -0.207 e. The molecule has 0 aliphatic heterocycles. The van der Waals surface area contributed by atoms with Gasteiger partial charge in [-0.2, -0.15) is 0 Å². The van der Waals surface area contributed by atoms with E-state index in [9.17, 15) is 8.42 Å². The van der Waals surface area contributed by atoms with E-state index in [4.69, 9.17) is 0 Å². The third-order valence-corrected chi connectivity index (χ3v) is 6.97. The summed E-state index contributed by atoms with van der Waals surface area (Å²) in [4.78, 5) is 2.45. The van der Waals surface area contributed by atoms with Crippen LogP contribution < -0.4 is 0 Å². The van der Waals surface area contributed by atoms with Gasteiger partial charge in [-0.3, -0.25) is 0 Å². The molecule has 1 aromatic rings. The lowest BCUT2D eigenvalue weighted by Gasteiger charge is -2.26. The van der Waals surface area contributed by atoms with Gasteiger partial charge in [0, 0.05) is 23.3 Å². The predicted octanol–water partition coefficient (Wildman–Crippen LogP) is 3.57. The van der Waals surface area contributed by atoms with Crippen molar-refractivity contribution in [1.82, 2.24) is 4.31 Å². The summed E-state index contributed by atoms with van der Waals surface area (Å²) in [7, 11) is -1.59. The molecule has 3 nitrogen and oxygen atoms in total. The Bertz CT molecular complexity index is 528. The van der Waals surface area contributed by atoms with Crippen LogP contribution in [0.4, 0.5) is 0 Å². The Morgan fingerprint density at radius 1 is 1.26 bits per heavy atom. The van der Waals surface area contributed by atoms with Gasteiger partial charge < -0.3 is 0 Å². The van der Waals surface area contributed by atoms with Crippen LogP contribution in [0, 0.1) is 19.8 Å². The van der Waals surface area contributed by atoms with Crippen LogP contribution in [0.3, 0.4) is 0 Å². The molecule has 0 N–H and O–H groups in total. The molecule has 108 valence electrons. The molecule has 0 saturated heterocycles. The highest BCUT2D eigenvalue weighted by Crippen LogP contribution is 2.29. The van der Waals surface area contributed by atoms with Crippen LogP contribution in [0.5, 0.6) is 0 Å². The third kappa shape index (κ3) is 3.38. The molecule has 0 bridgehead atoms. The van der Waals surface area contributed by atoms with Crippen molar-refractivity contribution in [2.45, 2.75) is 50.8 Å². The fourth-order valence-corrected chi connectivity index (χ4v) is 5.63. The summed E-state index contributed by atoms with van der Waals surface area (Å²) < 4.78 is 26.7. The molecule has 1 aliphatic rings. The van der Waals surface area contributed by atoms with E-state index in [1.165, 1.54) is 32.1 Å². The zero-order valence-corrected chi connectivity index (χ0v) is 13.6. The van der Waals surface area contributed by atoms with Gasteiger partial charge in [-0.05, 0) is 38.7 Å². The summed E-state index contributed by atoms with van der Waals surface area (Å²) in [5.41, 5.74) is 0. The highest BCUT2D eigenvalue weighted by molar-refractivity contribution is 7.89. The van der Waals surface area contributed by atoms with E-state index >= 15 is 0 Å². The normalized spacial score (nSPS) is 18.1. The van der Waals surface area contributed by atoms with E-state index in [0.29, 0.717) is 17.4 Å². The van der Waals surface area contributed by atoms with Crippen molar-refractivity contribution in [2.24, 2.45) is 5.92 Å². The molecular weight excluding hydrogens is 278 g/mol. The number of aryl methyl sites for hydroxylation is 2. The highest BCUT2D eigenvalue weighted by atomic mass is 32.2. The van der Waals surface area contributed by atoms with E-state index < -0.39 is 10.0 Å². The molecule has 0 spiro atoms. The van der Waals surface area contributed by atoms with Crippen LogP contribution >= 0.6 is 11.3 Å². The van der Waals surface area contributed by atoms with Crippen LogP contribution in [-0.2, 0) is 10.0 Å². The number of hydrogen-bond donors (Lipinski definition) is 0. The Hall–Kier alpha value is -0.390. The van der Waals surface area contributed by atoms with E-state index in [2.05, 4.69) is 0 Å². The van der Waals surface area contributed by atoms with Crippen molar-refractivity contribution in [2.75, 3.05) is 13.6 Å². The molecule has 0 amide bonds. The molecule has 1 fully saturated rings. The van der Waals surface area contributed by atoms with Gasteiger partial charge in [0.2, 0.25) is 10.0 Å². The quantitative estimate of drug-likeness (QED) is 0.852. The van der Waals surface area contributed by atoms with Crippen molar-refractivity contribution in [3.63, 3.8) is 0 Å². The molecular formula is C14H23NO2S2. The summed E-state index contributed by atoms with van der Waals surface area (Å²) in [6.45, 7) is 4.51. The van der Waals surface area contributed by atoms with Crippen LogP contribution in [0.1, 0.15) is 41.9 Å². The number of rotatable bonds is 4. The van der Waals surface area contributed by atoms with Crippen LogP contribution in [0.2, 0.25) is 0 Å². The molecule has 1 heterocycles. The second-order valence-corrected chi connectivity index (χ2v) is 9.04. The van der Waals surface area contributed by atoms with Gasteiger partial charge in [0.05, 0.1) is 4.90 Å². The standard InChI is InChI=1S/C14H23NO2S2/c1-11-9-14(12(2)18-11)19(16,17)15(3)10-13-7-5-4-6-8-13/h9,13H,4-8,10H2,1-3H3. The Morgan fingerprint density at radius 2 is 1.89 bits per heavy atom. The lowest BCUT2D eigenvalue weighted by Crippen LogP contribution is -2.32. The third-order valence-electron chi connectivity index (χ3n) is 3.92. The van der Waals surface area contributed by atoms with Crippen molar-refractivity contribution < 1.29 is 8.42 Å². The first-order chi connectivity index (χ1) is 8.91. The fraction of sp³-hybridized carbons (Fsp3) is 0.714. The Balaban J connectivity index is 2.12. The zero-order valence-electron chi connectivity index (χ0n) is 12.0. The van der Waals surface area contributed by atoms with Crippen molar-refractivity contribution >= 4 is 21.4 Å². The number of hydrogen-bond acceptors (Lipinski definition) is 3. The molecule has 0 aromatic carbocycles. The fourth-order valence-electron chi connectivity index (χ4n) is 2.86.